The molecule has 0 bridgehead atoms. The molecule has 0 saturated heterocycles. The summed E-state index contributed by atoms with van der Waals surface area (Å²) < 4.78 is 0. The Morgan fingerprint density at radius 1 is 0.833 bits per heavy atom. The minimum absolute atomic E-state index is 1.03. The Kier molecular flexibility index (Phi) is 9.40. The van der Waals surface area contributed by atoms with Gasteiger partial charge in [0.05, 0.1) is 0 Å². The monoisotopic (exact) mass is 187 g/mol. The Morgan fingerprint density at radius 3 is 2.00 bits per heavy atom. The van der Waals surface area contributed by atoms with Gasteiger partial charge in [-0.15, -0.1) is 0 Å². The Morgan fingerprint density at radius 2 is 1.42 bits per heavy atom. The molecule has 2 heteroatoms. The first kappa shape index (κ1) is 12.2. The maximum atomic E-state index is 11.4. The molecular weight excluding hydrogens is 164 g/mol. The topological polar surface area (TPSA) is 19.9 Å². The first-order valence-electron chi connectivity index (χ1n) is 5.47. The van der Waals surface area contributed by atoms with Crippen LogP contribution in [0.1, 0.15) is 52.4 Å². The van der Waals surface area contributed by atoms with Gasteiger partial charge in [-0.25, -0.2) is 0 Å². The van der Waals surface area contributed by atoms with Crippen LogP contribution in [0, 0.1) is 0 Å². The molecule has 1 radical (unpaired) electrons. The van der Waals surface area contributed by atoms with Gasteiger partial charge in [0.25, 0.3) is 0 Å². The predicted octanol–water partition coefficient (Wildman–Crippen LogP) is 3.52. The van der Waals surface area contributed by atoms with E-state index in [0.717, 1.165) is 12.1 Å². The van der Waals surface area contributed by atoms with Crippen molar-refractivity contribution in [3.8, 4) is 0 Å². The van der Waals surface area contributed by atoms with Crippen LogP contribution >= 0.6 is 0 Å². The molecule has 0 heterocycles. The zero-order valence-corrected chi connectivity index (χ0v) is 9.80. The minimum Gasteiger partial charge on any atom is -0.302 e. The van der Waals surface area contributed by atoms with Gasteiger partial charge in [0, 0.05) is 0 Å². The zero-order chi connectivity index (χ0) is 9.23. The van der Waals surface area contributed by atoms with Gasteiger partial charge in [-0.2, -0.15) is 0 Å². The molecule has 0 rings (SSSR count). The van der Waals surface area contributed by atoms with Gasteiger partial charge in [0.15, 0.2) is 0 Å². The highest BCUT2D eigenvalue weighted by atomic mass is 28.3. The van der Waals surface area contributed by atoms with Crippen molar-refractivity contribution in [1.82, 2.24) is 0 Å². The van der Waals surface area contributed by atoms with Crippen LogP contribution in [0.4, 0.5) is 0 Å². The van der Waals surface area contributed by atoms with Gasteiger partial charge in [0.2, 0.25) is 9.04 Å². The third-order valence-corrected chi connectivity index (χ3v) is 4.36. The summed E-state index contributed by atoms with van der Waals surface area (Å²) in [5, 5.41) is 0. The van der Waals surface area contributed by atoms with Gasteiger partial charge >= 0.3 is 0 Å². The van der Waals surface area contributed by atoms with E-state index < -0.39 is 9.04 Å². The Bertz CT molecular complexity index is 85.9. The van der Waals surface area contributed by atoms with Crippen LogP contribution in [0.5, 0.6) is 0 Å². The van der Waals surface area contributed by atoms with E-state index in [2.05, 4.69) is 13.8 Å². The Labute approximate surface area is 78.9 Å². The molecule has 1 unspecified atom stereocenters. The van der Waals surface area contributed by atoms with E-state index in [1.54, 1.807) is 0 Å². The molecule has 0 amide bonds. The highest BCUT2D eigenvalue weighted by Gasteiger charge is 2.07. The van der Waals surface area contributed by atoms with Crippen molar-refractivity contribution in [2.24, 2.45) is 0 Å². The Hall–Kier alpha value is 0.177. The lowest BCUT2D eigenvalue weighted by molar-refractivity contribution is 0.438. The van der Waals surface area contributed by atoms with Crippen LogP contribution in [0.3, 0.4) is 0 Å². The second-order valence-corrected chi connectivity index (χ2v) is 6.01. The molecule has 0 aromatic heterocycles. The number of unbranched alkanes of at least 4 members (excludes halogenated alkanes) is 4. The summed E-state index contributed by atoms with van der Waals surface area (Å²) in [4.78, 5) is 11.4. The van der Waals surface area contributed by atoms with Crippen molar-refractivity contribution >= 4 is 9.04 Å². The first-order valence-corrected chi connectivity index (χ1v) is 7.57. The van der Waals surface area contributed by atoms with Crippen molar-refractivity contribution in [1.29, 1.82) is 0 Å². The number of rotatable bonds is 8. The maximum absolute atomic E-state index is 11.4. The van der Waals surface area contributed by atoms with Crippen molar-refractivity contribution in [3.63, 3.8) is 0 Å². The van der Waals surface area contributed by atoms with Gasteiger partial charge in [-0.05, 0) is 12.1 Å². The number of hydrogen-bond acceptors (Lipinski definition) is 0. The van der Waals surface area contributed by atoms with Crippen LogP contribution in [-0.2, 0) is 4.80 Å². The molecule has 0 spiro atoms. The lowest BCUT2D eigenvalue weighted by atomic mass is 10.2. The number of hydrogen-bond donors (Lipinski definition) is 0. The van der Waals surface area contributed by atoms with Crippen LogP contribution in [-0.4, -0.2) is 9.04 Å². The third kappa shape index (κ3) is 8.28. The molecule has 1 nitrogen and oxygen atoms in total. The molecule has 73 valence electrons. The molecule has 0 aromatic rings. The fraction of sp³-hybridized carbons (Fsp3) is 1.00. The second-order valence-electron chi connectivity index (χ2n) is 3.61. The summed E-state index contributed by atoms with van der Waals surface area (Å²) in [7, 11) is -1.51. The van der Waals surface area contributed by atoms with E-state index in [1.165, 1.54) is 38.5 Å². The molecule has 0 aliphatic rings. The van der Waals surface area contributed by atoms with E-state index in [-0.39, 0.29) is 0 Å². The van der Waals surface area contributed by atoms with E-state index >= 15 is 0 Å². The zero-order valence-electron chi connectivity index (χ0n) is 8.64. The molecule has 1 atom stereocenters. The fourth-order valence-electron chi connectivity index (χ4n) is 1.37. The van der Waals surface area contributed by atoms with Crippen molar-refractivity contribution in [2.75, 3.05) is 0 Å². The van der Waals surface area contributed by atoms with Crippen molar-refractivity contribution in [3.05, 3.63) is 0 Å². The molecule has 12 heavy (non-hydrogen) atoms. The summed E-state index contributed by atoms with van der Waals surface area (Å²) >= 11 is 0. The molecular formula is C10H23OSi. The summed E-state index contributed by atoms with van der Waals surface area (Å²) in [5.41, 5.74) is 0. The predicted molar refractivity (Wildman–Crippen MR) is 56.5 cm³/mol. The molecule has 0 fully saturated rings. The molecule has 0 aromatic carbocycles. The van der Waals surface area contributed by atoms with Crippen LogP contribution in [0.2, 0.25) is 12.1 Å². The molecule has 0 aliphatic carbocycles. The maximum Gasteiger partial charge on any atom is 0.222 e. The molecule has 0 aliphatic heterocycles. The minimum atomic E-state index is -1.51. The average Bonchev–Trinajstić information content (AvgIpc) is 2.09. The largest absolute Gasteiger partial charge is 0.302 e. The quantitative estimate of drug-likeness (QED) is 0.409. The van der Waals surface area contributed by atoms with Crippen molar-refractivity contribution < 1.29 is 4.80 Å². The van der Waals surface area contributed by atoms with Gasteiger partial charge in [-0.1, -0.05) is 52.4 Å². The smallest absolute Gasteiger partial charge is 0.222 e. The highest BCUT2D eigenvalue weighted by molar-refractivity contribution is 6.49. The van der Waals surface area contributed by atoms with Gasteiger partial charge in [0.1, 0.15) is 0 Å². The molecule has 0 saturated carbocycles. The summed E-state index contributed by atoms with van der Waals surface area (Å²) in [5.74, 6) is 0. The van der Waals surface area contributed by atoms with Gasteiger partial charge in [-0.3, -0.25) is 0 Å². The first-order chi connectivity index (χ1) is 5.81. The SMILES string of the molecule is CCCCCC[SiH]([O])CCCC. The van der Waals surface area contributed by atoms with Crippen LogP contribution < -0.4 is 0 Å². The summed E-state index contributed by atoms with van der Waals surface area (Å²) in [6.45, 7) is 4.38. The third-order valence-electron chi connectivity index (χ3n) is 2.26. The summed E-state index contributed by atoms with van der Waals surface area (Å²) in [6, 6.07) is 2.07. The summed E-state index contributed by atoms with van der Waals surface area (Å²) in [6.07, 6.45) is 7.45. The van der Waals surface area contributed by atoms with E-state index in [1.807, 2.05) is 0 Å². The van der Waals surface area contributed by atoms with E-state index in [9.17, 15) is 4.80 Å². The van der Waals surface area contributed by atoms with E-state index in [4.69, 9.17) is 0 Å². The average molecular weight is 187 g/mol. The Balaban J connectivity index is 3.02. The van der Waals surface area contributed by atoms with Gasteiger partial charge < -0.3 is 4.80 Å². The second kappa shape index (κ2) is 9.27. The normalized spacial score (nSPS) is 13.2. The van der Waals surface area contributed by atoms with E-state index in [0.29, 0.717) is 0 Å². The van der Waals surface area contributed by atoms with Crippen LogP contribution in [0.25, 0.3) is 0 Å². The standard InChI is InChI=1S/C10H23OSi/c1-3-5-7-8-10-12(11)9-6-4-2/h12H,3-10H2,1-2H3. The van der Waals surface area contributed by atoms with Crippen molar-refractivity contribution in [2.45, 2.75) is 64.5 Å². The lowest BCUT2D eigenvalue weighted by Crippen LogP contribution is -2.08. The highest BCUT2D eigenvalue weighted by Crippen LogP contribution is 2.09. The van der Waals surface area contributed by atoms with Crippen LogP contribution in [0.15, 0.2) is 0 Å². The molecule has 0 N–H and O–H groups in total. The lowest BCUT2D eigenvalue weighted by Gasteiger charge is -2.04. The fourth-order valence-corrected chi connectivity index (χ4v) is 3.27.